The molecule has 2 N–H and O–H groups in total. The maximum absolute atomic E-state index is 6.28. The van der Waals surface area contributed by atoms with Gasteiger partial charge in [-0.25, -0.2) is 0 Å². The van der Waals surface area contributed by atoms with E-state index in [2.05, 4.69) is 38.3 Å². The van der Waals surface area contributed by atoms with Crippen molar-refractivity contribution in [2.75, 3.05) is 0 Å². The highest BCUT2D eigenvalue weighted by Crippen LogP contribution is 2.09. The lowest BCUT2D eigenvalue weighted by Crippen LogP contribution is -2.61. The Kier molecular flexibility index (Phi) is 3.31. The molecular weight excluding hydrogens is 206 g/mol. The molecule has 78 valence electrons. The Morgan fingerprint density at radius 1 is 1.00 bits per heavy atom. The van der Waals surface area contributed by atoms with Gasteiger partial charge in [0.05, 0.1) is 0 Å². The summed E-state index contributed by atoms with van der Waals surface area (Å²) >= 11 is 0. The molecule has 1 atom stereocenters. The van der Waals surface area contributed by atoms with Gasteiger partial charge in [-0.2, -0.15) is 0 Å². The molecule has 1 aromatic rings. The van der Waals surface area contributed by atoms with Gasteiger partial charge in [0.2, 0.25) is 0 Å². The lowest BCUT2D eigenvalue weighted by Gasteiger charge is -2.30. The van der Waals surface area contributed by atoms with Crippen molar-refractivity contribution in [1.29, 1.82) is 0 Å². The quantitative estimate of drug-likeness (QED) is 0.796. The molecule has 0 aliphatic heterocycles. The summed E-state index contributed by atoms with van der Waals surface area (Å²) in [5.74, 6) is 0. The Morgan fingerprint density at radius 3 is 1.93 bits per heavy atom. The average molecular weight is 225 g/mol. The van der Waals surface area contributed by atoms with E-state index in [1.807, 2.05) is 18.2 Å². The molecule has 14 heavy (non-hydrogen) atoms. The van der Waals surface area contributed by atoms with Crippen molar-refractivity contribution in [2.24, 2.45) is 5.40 Å². The SMILES string of the molecule is C[Si](C)(C)O[Si](C)(N)c1ccccc1. The molecule has 0 aromatic heterocycles. The third-order valence-corrected chi connectivity index (χ3v) is 7.49. The third-order valence-electron chi connectivity index (χ3n) is 1.87. The zero-order valence-electron chi connectivity index (χ0n) is 9.37. The molecule has 0 fully saturated rings. The first kappa shape index (κ1) is 11.6. The molecule has 0 saturated carbocycles. The Balaban J connectivity index is 2.86. The molecule has 1 rings (SSSR count). The number of hydrogen-bond acceptors (Lipinski definition) is 2. The van der Waals surface area contributed by atoms with Gasteiger partial charge in [-0.1, -0.05) is 30.3 Å². The third kappa shape index (κ3) is 3.38. The molecule has 0 spiro atoms. The van der Waals surface area contributed by atoms with Gasteiger partial charge in [-0.3, -0.25) is 0 Å². The van der Waals surface area contributed by atoms with Crippen LogP contribution >= 0.6 is 0 Å². The zero-order chi connectivity index (χ0) is 10.8. The van der Waals surface area contributed by atoms with Crippen LogP contribution in [0.15, 0.2) is 30.3 Å². The van der Waals surface area contributed by atoms with Gasteiger partial charge < -0.3 is 9.51 Å². The fraction of sp³-hybridized carbons (Fsp3) is 0.400. The van der Waals surface area contributed by atoms with Crippen molar-refractivity contribution >= 4 is 22.0 Å². The van der Waals surface area contributed by atoms with Crippen LogP contribution in [0.5, 0.6) is 0 Å². The molecule has 0 aliphatic rings. The Morgan fingerprint density at radius 2 is 1.50 bits per heavy atom. The van der Waals surface area contributed by atoms with Crippen LogP contribution in [0, 0.1) is 0 Å². The van der Waals surface area contributed by atoms with E-state index in [0.717, 1.165) is 0 Å². The molecule has 0 aliphatic carbocycles. The van der Waals surface area contributed by atoms with E-state index in [-0.39, 0.29) is 0 Å². The van der Waals surface area contributed by atoms with Crippen LogP contribution in [-0.2, 0) is 4.12 Å². The Labute approximate surface area is 88.4 Å². The normalized spacial score (nSPS) is 16.4. The molecule has 1 unspecified atom stereocenters. The van der Waals surface area contributed by atoms with Crippen molar-refractivity contribution in [2.45, 2.75) is 26.2 Å². The second kappa shape index (κ2) is 3.98. The van der Waals surface area contributed by atoms with Crippen LogP contribution in [0.2, 0.25) is 26.2 Å². The standard InChI is InChI=1S/C10H19NOSi2/c1-13(2,3)12-14(4,11)10-8-6-5-7-9-10/h5-9H,11H2,1-4H3. The second-order valence-electron chi connectivity index (χ2n) is 4.69. The Hall–Kier alpha value is -0.426. The average Bonchev–Trinajstić information content (AvgIpc) is 2.01. The van der Waals surface area contributed by atoms with Gasteiger partial charge in [0.25, 0.3) is 8.48 Å². The second-order valence-corrected chi connectivity index (χ2v) is 12.5. The monoisotopic (exact) mass is 225 g/mol. The van der Waals surface area contributed by atoms with Crippen molar-refractivity contribution in [3.05, 3.63) is 30.3 Å². The molecule has 0 bridgehead atoms. The minimum atomic E-state index is -2.15. The van der Waals surface area contributed by atoms with E-state index in [9.17, 15) is 0 Å². The van der Waals surface area contributed by atoms with Crippen LogP contribution in [0.1, 0.15) is 0 Å². The molecule has 2 nitrogen and oxygen atoms in total. The van der Waals surface area contributed by atoms with Crippen molar-refractivity contribution in [1.82, 2.24) is 0 Å². The number of rotatable bonds is 3. The highest BCUT2D eigenvalue weighted by Gasteiger charge is 2.32. The first-order valence-corrected chi connectivity index (χ1v) is 10.8. The largest absolute Gasteiger partial charge is 0.442 e. The van der Waals surface area contributed by atoms with Crippen LogP contribution in [-0.4, -0.2) is 16.8 Å². The smallest absolute Gasteiger partial charge is 0.286 e. The van der Waals surface area contributed by atoms with Crippen LogP contribution in [0.25, 0.3) is 0 Å². The van der Waals surface area contributed by atoms with E-state index in [1.54, 1.807) is 0 Å². The van der Waals surface area contributed by atoms with E-state index >= 15 is 0 Å². The summed E-state index contributed by atoms with van der Waals surface area (Å²) in [6, 6.07) is 10.2. The molecule has 0 radical (unpaired) electrons. The van der Waals surface area contributed by atoms with Gasteiger partial charge >= 0.3 is 0 Å². The van der Waals surface area contributed by atoms with E-state index < -0.39 is 16.8 Å². The highest BCUT2D eigenvalue weighted by molar-refractivity contribution is 6.90. The van der Waals surface area contributed by atoms with E-state index in [1.165, 1.54) is 5.19 Å². The lowest BCUT2D eigenvalue weighted by atomic mass is 10.4. The summed E-state index contributed by atoms with van der Waals surface area (Å²) in [4.78, 5) is 0. The fourth-order valence-electron chi connectivity index (χ4n) is 1.46. The molecule has 1 aromatic carbocycles. The maximum atomic E-state index is 6.28. The molecule has 0 amide bonds. The maximum Gasteiger partial charge on any atom is 0.286 e. The summed E-state index contributed by atoms with van der Waals surface area (Å²) in [5, 5.41) is 7.44. The first-order valence-electron chi connectivity index (χ1n) is 4.86. The zero-order valence-corrected chi connectivity index (χ0v) is 11.4. The van der Waals surface area contributed by atoms with Gasteiger partial charge in [-0.15, -0.1) is 0 Å². The number of benzene rings is 1. The Bertz CT molecular complexity index is 293. The molecular formula is C10H19NOSi2. The minimum absolute atomic E-state index is 1.17. The number of nitrogens with two attached hydrogens (primary N) is 1. The van der Waals surface area contributed by atoms with Crippen LogP contribution < -0.4 is 10.6 Å². The summed E-state index contributed by atoms with van der Waals surface area (Å²) in [5.41, 5.74) is 0. The van der Waals surface area contributed by atoms with Gasteiger partial charge in [-0.05, 0) is 31.4 Å². The van der Waals surface area contributed by atoms with Gasteiger partial charge in [0.1, 0.15) is 0 Å². The van der Waals surface area contributed by atoms with Crippen LogP contribution in [0.3, 0.4) is 0 Å². The van der Waals surface area contributed by atoms with E-state index in [4.69, 9.17) is 9.51 Å². The summed E-state index contributed by atoms with van der Waals surface area (Å²) in [7, 11) is -3.69. The fourth-order valence-corrected chi connectivity index (χ4v) is 7.88. The predicted molar refractivity (Wildman–Crippen MR) is 66.3 cm³/mol. The molecule has 0 heterocycles. The highest BCUT2D eigenvalue weighted by atomic mass is 28.4. The lowest BCUT2D eigenvalue weighted by molar-refractivity contribution is 0.559. The summed E-state index contributed by atoms with van der Waals surface area (Å²) in [6.45, 7) is 8.58. The number of hydrogen-bond donors (Lipinski definition) is 1. The van der Waals surface area contributed by atoms with Crippen molar-refractivity contribution in [3.8, 4) is 0 Å². The molecule has 4 heteroatoms. The van der Waals surface area contributed by atoms with Crippen molar-refractivity contribution in [3.63, 3.8) is 0 Å². The van der Waals surface area contributed by atoms with Gasteiger partial charge in [0, 0.05) is 0 Å². The first-order chi connectivity index (χ1) is 6.31. The van der Waals surface area contributed by atoms with Gasteiger partial charge in [0.15, 0.2) is 8.32 Å². The topological polar surface area (TPSA) is 35.2 Å². The van der Waals surface area contributed by atoms with E-state index in [0.29, 0.717) is 0 Å². The summed E-state index contributed by atoms with van der Waals surface area (Å²) in [6.07, 6.45) is 0. The molecule has 0 saturated heterocycles. The predicted octanol–water partition coefficient (Wildman–Crippen LogP) is 1.78. The summed E-state index contributed by atoms with van der Waals surface area (Å²) < 4.78 is 6.07. The minimum Gasteiger partial charge on any atom is -0.442 e. The van der Waals surface area contributed by atoms with Crippen LogP contribution in [0.4, 0.5) is 0 Å². The van der Waals surface area contributed by atoms with Crippen molar-refractivity contribution < 1.29 is 4.12 Å².